The van der Waals surface area contributed by atoms with Crippen molar-refractivity contribution >= 4 is 17.6 Å². The second kappa shape index (κ2) is 5.16. The molecule has 0 amide bonds. The quantitative estimate of drug-likeness (QED) is 0.881. The summed E-state index contributed by atoms with van der Waals surface area (Å²) in [6.07, 6.45) is 1.40. The number of fused-ring (bicyclic) bond motifs is 1. The molecule has 1 aliphatic heterocycles. The molecule has 4 nitrogen and oxygen atoms in total. The van der Waals surface area contributed by atoms with Gasteiger partial charge in [0.25, 0.3) is 0 Å². The molecule has 0 fully saturated rings. The van der Waals surface area contributed by atoms with Gasteiger partial charge in [-0.2, -0.15) is 0 Å². The van der Waals surface area contributed by atoms with E-state index < -0.39 is 5.97 Å². The zero-order chi connectivity index (χ0) is 13.3. The number of carboxylic acids is 1. The Bertz CT molecular complexity index is 476. The molecule has 1 heterocycles. The zero-order valence-corrected chi connectivity index (χ0v) is 10.9. The Morgan fingerprint density at radius 2 is 2.39 bits per heavy atom. The number of carbonyl (C=O) groups is 1. The second-order valence-electron chi connectivity index (χ2n) is 4.66. The molecular formula is C13H16ClNO3. The van der Waals surface area contributed by atoms with Crippen LogP contribution in [0.1, 0.15) is 36.9 Å². The third-order valence-corrected chi connectivity index (χ3v) is 3.35. The molecule has 2 unspecified atom stereocenters. The van der Waals surface area contributed by atoms with Crippen molar-refractivity contribution in [1.82, 2.24) is 0 Å². The van der Waals surface area contributed by atoms with Crippen LogP contribution in [0.25, 0.3) is 0 Å². The molecule has 3 N–H and O–H groups in total. The highest BCUT2D eigenvalue weighted by molar-refractivity contribution is 6.32. The van der Waals surface area contributed by atoms with Gasteiger partial charge in [0.05, 0.1) is 5.02 Å². The highest BCUT2D eigenvalue weighted by Gasteiger charge is 2.23. The van der Waals surface area contributed by atoms with E-state index in [-0.39, 0.29) is 18.6 Å². The normalized spacial score (nSPS) is 19.2. The Balaban J connectivity index is 2.18. The van der Waals surface area contributed by atoms with Crippen LogP contribution in [0.3, 0.4) is 0 Å². The predicted molar refractivity (Wildman–Crippen MR) is 69.0 cm³/mol. The van der Waals surface area contributed by atoms with Crippen LogP contribution in [0.2, 0.25) is 5.02 Å². The first kappa shape index (κ1) is 13.2. The van der Waals surface area contributed by atoms with E-state index in [0.29, 0.717) is 11.4 Å². The van der Waals surface area contributed by atoms with E-state index in [0.717, 1.165) is 23.3 Å². The van der Waals surface area contributed by atoms with Gasteiger partial charge in [0.2, 0.25) is 0 Å². The van der Waals surface area contributed by atoms with Crippen molar-refractivity contribution in [2.24, 2.45) is 5.73 Å². The third kappa shape index (κ3) is 2.76. The zero-order valence-electron chi connectivity index (χ0n) is 10.1. The average molecular weight is 270 g/mol. The highest BCUT2D eigenvalue weighted by Crippen LogP contribution is 2.38. The van der Waals surface area contributed by atoms with Gasteiger partial charge in [-0.05, 0) is 30.5 Å². The number of carboxylic acid groups (broad SMARTS) is 1. The maximum Gasteiger partial charge on any atom is 0.303 e. The summed E-state index contributed by atoms with van der Waals surface area (Å²) in [6.45, 7) is 1.99. The van der Waals surface area contributed by atoms with Crippen LogP contribution in [0.5, 0.6) is 5.75 Å². The summed E-state index contributed by atoms with van der Waals surface area (Å²) >= 11 is 6.15. The lowest BCUT2D eigenvalue weighted by molar-refractivity contribution is -0.137. The summed E-state index contributed by atoms with van der Waals surface area (Å²) in [7, 11) is 0. The second-order valence-corrected chi connectivity index (χ2v) is 5.07. The van der Waals surface area contributed by atoms with Gasteiger partial charge in [0, 0.05) is 18.9 Å². The Morgan fingerprint density at radius 1 is 1.67 bits per heavy atom. The molecule has 98 valence electrons. The summed E-state index contributed by atoms with van der Waals surface area (Å²) in [6, 6.07) is 3.43. The van der Waals surface area contributed by atoms with Crippen LogP contribution in [0, 0.1) is 0 Å². The van der Waals surface area contributed by atoms with Gasteiger partial charge in [-0.3, -0.25) is 4.79 Å². The number of aliphatic carboxylic acids is 1. The molecule has 0 aliphatic carbocycles. The molecule has 2 rings (SSSR count). The summed E-state index contributed by atoms with van der Waals surface area (Å²) in [4.78, 5) is 10.5. The first-order chi connectivity index (χ1) is 8.47. The fraction of sp³-hybridized carbons (Fsp3) is 0.462. The summed E-state index contributed by atoms with van der Waals surface area (Å²) in [5.41, 5.74) is 7.90. The van der Waals surface area contributed by atoms with Crippen molar-refractivity contribution in [3.63, 3.8) is 0 Å². The van der Waals surface area contributed by atoms with Crippen molar-refractivity contribution in [3.8, 4) is 5.75 Å². The van der Waals surface area contributed by atoms with E-state index in [1.165, 1.54) is 0 Å². The molecule has 1 aromatic carbocycles. The number of nitrogens with two attached hydrogens (primary N) is 1. The van der Waals surface area contributed by atoms with E-state index in [1.807, 2.05) is 13.0 Å². The maximum absolute atomic E-state index is 10.5. The molecule has 5 heteroatoms. The fourth-order valence-electron chi connectivity index (χ4n) is 2.17. The third-order valence-electron chi connectivity index (χ3n) is 3.07. The highest BCUT2D eigenvalue weighted by atomic mass is 35.5. The largest absolute Gasteiger partial charge is 0.489 e. The van der Waals surface area contributed by atoms with Crippen molar-refractivity contribution in [3.05, 3.63) is 28.3 Å². The van der Waals surface area contributed by atoms with Gasteiger partial charge in [0.15, 0.2) is 0 Å². The molecule has 2 atom stereocenters. The summed E-state index contributed by atoms with van der Waals surface area (Å²) in [5, 5.41) is 9.21. The number of halogens is 1. The van der Waals surface area contributed by atoms with E-state index in [9.17, 15) is 4.79 Å². The van der Waals surface area contributed by atoms with Crippen LogP contribution in [0.4, 0.5) is 0 Å². The Labute approximate surface area is 111 Å². The first-order valence-corrected chi connectivity index (χ1v) is 6.31. The van der Waals surface area contributed by atoms with E-state index in [1.54, 1.807) is 6.07 Å². The number of rotatable bonds is 4. The minimum atomic E-state index is -0.838. The van der Waals surface area contributed by atoms with Crippen LogP contribution >= 0.6 is 11.6 Å². The predicted octanol–water partition coefficient (Wildman–Crippen LogP) is 2.53. The molecule has 0 aromatic heterocycles. The molecular weight excluding hydrogens is 254 g/mol. The lowest BCUT2D eigenvalue weighted by Gasteiger charge is -2.13. The molecule has 0 saturated carbocycles. The lowest BCUT2D eigenvalue weighted by Crippen LogP contribution is -2.12. The molecule has 18 heavy (non-hydrogen) atoms. The van der Waals surface area contributed by atoms with Gasteiger partial charge >= 0.3 is 5.97 Å². The van der Waals surface area contributed by atoms with Crippen molar-refractivity contribution in [2.45, 2.75) is 38.3 Å². The number of ether oxygens (including phenoxy) is 1. The van der Waals surface area contributed by atoms with Crippen LogP contribution in [0.15, 0.2) is 12.1 Å². The topological polar surface area (TPSA) is 72.6 Å². The van der Waals surface area contributed by atoms with Crippen LogP contribution in [-0.2, 0) is 11.2 Å². The fourth-order valence-corrected chi connectivity index (χ4v) is 2.46. The Morgan fingerprint density at radius 3 is 3.06 bits per heavy atom. The molecule has 1 aliphatic rings. The summed E-state index contributed by atoms with van der Waals surface area (Å²) in [5.74, 6) is -0.104. The van der Waals surface area contributed by atoms with Gasteiger partial charge < -0.3 is 15.6 Å². The first-order valence-electron chi connectivity index (χ1n) is 5.93. The minimum absolute atomic E-state index is 0.0583. The molecule has 0 spiro atoms. The Kier molecular flexibility index (Phi) is 3.78. The minimum Gasteiger partial charge on any atom is -0.489 e. The van der Waals surface area contributed by atoms with E-state index in [2.05, 4.69) is 0 Å². The summed E-state index contributed by atoms with van der Waals surface area (Å²) < 4.78 is 5.60. The standard InChI is InChI=1S/C13H16ClNO3/c1-7-4-9-5-8(6-10(14)13(9)18-7)11(15)2-3-12(16)17/h5-7,11H,2-4,15H2,1H3,(H,16,17). The van der Waals surface area contributed by atoms with Crippen molar-refractivity contribution in [2.75, 3.05) is 0 Å². The monoisotopic (exact) mass is 269 g/mol. The molecule has 0 radical (unpaired) electrons. The van der Waals surface area contributed by atoms with Gasteiger partial charge in [-0.15, -0.1) is 0 Å². The smallest absolute Gasteiger partial charge is 0.303 e. The van der Waals surface area contributed by atoms with Gasteiger partial charge in [-0.25, -0.2) is 0 Å². The number of hydrogen-bond acceptors (Lipinski definition) is 3. The molecule has 0 bridgehead atoms. The van der Waals surface area contributed by atoms with E-state index >= 15 is 0 Å². The van der Waals surface area contributed by atoms with Crippen LogP contribution < -0.4 is 10.5 Å². The average Bonchev–Trinajstić information content (AvgIpc) is 2.67. The van der Waals surface area contributed by atoms with Gasteiger partial charge in [-0.1, -0.05) is 17.7 Å². The number of benzene rings is 1. The van der Waals surface area contributed by atoms with E-state index in [4.69, 9.17) is 27.2 Å². The van der Waals surface area contributed by atoms with Crippen LogP contribution in [-0.4, -0.2) is 17.2 Å². The SMILES string of the molecule is CC1Cc2cc(C(N)CCC(=O)O)cc(Cl)c2O1. The molecule has 0 saturated heterocycles. The van der Waals surface area contributed by atoms with Gasteiger partial charge in [0.1, 0.15) is 11.9 Å². The lowest BCUT2D eigenvalue weighted by atomic mass is 9.99. The number of hydrogen-bond donors (Lipinski definition) is 2. The van der Waals surface area contributed by atoms with Crippen molar-refractivity contribution < 1.29 is 14.6 Å². The maximum atomic E-state index is 10.5. The molecule has 1 aromatic rings. The Hall–Kier alpha value is -1.26. The van der Waals surface area contributed by atoms with Crippen molar-refractivity contribution in [1.29, 1.82) is 0 Å².